The highest BCUT2D eigenvalue weighted by Crippen LogP contribution is 2.21. The molecule has 0 bridgehead atoms. The molecule has 1 atom stereocenters. The molecule has 2 N–H and O–H groups in total. The summed E-state index contributed by atoms with van der Waals surface area (Å²) in [6.45, 7) is 7.53. The van der Waals surface area contributed by atoms with E-state index in [0.717, 1.165) is 19.4 Å². The van der Waals surface area contributed by atoms with E-state index in [1.165, 1.54) is 5.56 Å². The van der Waals surface area contributed by atoms with Crippen LogP contribution in [0.1, 0.15) is 45.2 Å². The molecular formula is C13H23NO2. The van der Waals surface area contributed by atoms with E-state index in [-0.39, 0.29) is 12.0 Å². The first-order chi connectivity index (χ1) is 7.55. The molecule has 0 amide bonds. The number of rotatable bonds is 7. The zero-order chi connectivity index (χ0) is 12.0. The molecule has 3 heteroatoms. The molecule has 0 aromatic carbocycles. The van der Waals surface area contributed by atoms with E-state index in [0.29, 0.717) is 6.04 Å². The van der Waals surface area contributed by atoms with Gasteiger partial charge in [-0.2, -0.15) is 0 Å². The fourth-order valence-corrected chi connectivity index (χ4v) is 1.60. The van der Waals surface area contributed by atoms with Gasteiger partial charge < -0.3 is 14.8 Å². The van der Waals surface area contributed by atoms with Crippen molar-refractivity contribution in [1.29, 1.82) is 0 Å². The molecule has 0 aliphatic carbocycles. The lowest BCUT2D eigenvalue weighted by Gasteiger charge is -2.21. The van der Waals surface area contributed by atoms with E-state index < -0.39 is 0 Å². The van der Waals surface area contributed by atoms with Gasteiger partial charge in [0.1, 0.15) is 0 Å². The number of aliphatic hydroxyl groups is 1. The molecule has 0 radical (unpaired) electrons. The van der Waals surface area contributed by atoms with Gasteiger partial charge >= 0.3 is 0 Å². The van der Waals surface area contributed by atoms with Crippen LogP contribution in [0.5, 0.6) is 0 Å². The molecule has 1 rings (SSSR count). The van der Waals surface area contributed by atoms with Crippen LogP contribution in [0.4, 0.5) is 0 Å². The van der Waals surface area contributed by atoms with Crippen molar-refractivity contribution in [3.63, 3.8) is 0 Å². The summed E-state index contributed by atoms with van der Waals surface area (Å²) < 4.78 is 5.04. The summed E-state index contributed by atoms with van der Waals surface area (Å²) in [4.78, 5) is 0. The minimum atomic E-state index is 0.0422. The van der Waals surface area contributed by atoms with E-state index in [2.05, 4.69) is 26.1 Å². The van der Waals surface area contributed by atoms with Crippen molar-refractivity contribution in [3.05, 3.63) is 24.2 Å². The van der Waals surface area contributed by atoms with Crippen LogP contribution in [0.2, 0.25) is 0 Å². The Kier molecular flexibility index (Phi) is 5.03. The maximum Gasteiger partial charge on any atom is 0.0950 e. The van der Waals surface area contributed by atoms with Crippen LogP contribution in [0, 0.1) is 5.41 Å². The Morgan fingerprint density at radius 1 is 1.50 bits per heavy atom. The van der Waals surface area contributed by atoms with Gasteiger partial charge in [0.25, 0.3) is 0 Å². The minimum Gasteiger partial charge on any atom is -0.472 e. The van der Waals surface area contributed by atoms with Gasteiger partial charge in [0.05, 0.1) is 12.5 Å². The fraction of sp³-hybridized carbons (Fsp3) is 0.692. The average Bonchev–Trinajstić information content (AvgIpc) is 2.77. The maximum absolute atomic E-state index is 9.12. The Labute approximate surface area is 97.9 Å². The third-order valence-corrected chi connectivity index (χ3v) is 2.95. The molecule has 0 aliphatic rings. The molecule has 0 spiro atoms. The number of nitrogens with one attached hydrogen (secondary N) is 1. The van der Waals surface area contributed by atoms with Crippen LogP contribution in [0.25, 0.3) is 0 Å². The van der Waals surface area contributed by atoms with E-state index in [1.807, 2.05) is 6.07 Å². The second-order valence-electron chi connectivity index (χ2n) is 5.16. The van der Waals surface area contributed by atoms with Crippen molar-refractivity contribution in [3.8, 4) is 0 Å². The van der Waals surface area contributed by atoms with Crippen LogP contribution in [0.15, 0.2) is 23.0 Å². The first kappa shape index (κ1) is 13.3. The van der Waals surface area contributed by atoms with Crippen molar-refractivity contribution in [2.24, 2.45) is 5.41 Å². The molecule has 1 heterocycles. The summed E-state index contributed by atoms with van der Waals surface area (Å²) in [5, 5.41) is 12.6. The Morgan fingerprint density at radius 3 is 2.81 bits per heavy atom. The zero-order valence-electron chi connectivity index (χ0n) is 10.5. The van der Waals surface area contributed by atoms with Gasteiger partial charge in [-0.1, -0.05) is 13.8 Å². The zero-order valence-corrected chi connectivity index (χ0v) is 10.5. The smallest absolute Gasteiger partial charge is 0.0950 e. The van der Waals surface area contributed by atoms with Crippen LogP contribution in [-0.4, -0.2) is 18.3 Å². The second-order valence-corrected chi connectivity index (χ2v) is 5.16. The Bertz CT molecular complexity index is 280. The monoisotopic (exact) mass is 225 g/mol. The second kappa shape index (κ2) is 6.06. The van der Waals surface area contributed by atoms with E-state index in [4.69, 9.17) is 9.52 Å². The molecule has 3 nitrogen and oxygen atoms in total. The standard InChI is InChI=1S/C13H23NO2/c1-11(12-5-8-16-9-12)14-7-4-6-13(2,3)10-15/h5,8-9,11,14-15H,4,6-7,10H2,1-3H3. The molecule has 1 aromatic rings. The maximum atomic E-state index is 9.12. The highest BCUT2D eigenvalue weighted by Gasteiger charge is 2.15. The summed E-state index contributed by atoms with van der Waals surface area (Å²) in [6, 6.07) is 2.31. The summed E-state index contributed by atoms with van der Waals surface area (Å²) in [6.07, 6.45) is 5.59. The largest absolute Gasteiger partial charge is 0.472 e. The first-order valence-electron chi connectivity index (χ1n) is 5.91. The van der Waals surface area contributed by atoms with E-state index in [1.54, 1.807) is 12.5 Å². The van der Waals surface area contributed by atoms with Gasteiger partial charge in [-0.25, -0.2) is 0 Å². The SMILES string of the molecule is CC(NCCCC(C)(C)CO)c1ccoc1. The molecular weight excluding hydrogens is 202 g/mol. The van der Waals surface area contributed by atoms with E-state index in [9.17, 15) is 0 Å². The molecule has 1 aromatic heterocycles. The van der Waals surface area contributed by atoms with Gasteiger partial charge in [-0.3, -0.25) is 0 Å². The highest BCUT2D eigenvalue weighted by molar-refractivity contribution is 5.09. The van der Waals surface area contributed by atoms with Crippen molar-refractivity contribution in [2.45, 2.75) is 39.7 Å². The minimum absolute atomic E-state index is 0.0422. The normalized spacial score (nSPS) is 14.0. The van der Waals surface area contributed by atoms with Crippen molar-refractivity contribution in [1.82, 2.24) is 5.32 Å². The Balaban J connectivity index is 2.16. The third kappa shape index (κ3) is 4.37. The van der Waals surface area contributed by atoms with Crippen LogP contribution >= 0.6 is 0 Å². The third-order valence-electron chi connectivity index (χ3n) is 2.95. The quantitative estimate of drug-likeness (QED) is 0.701. The van der Waals surface area contributed by atoms with Gasteiger partial charge in [0.15, 0.2) is 0 Å². The van der Waals surface area contributed by atoms with Crippen LogP contribution in [0.3, 0.4) is 0 Å². The molecule has 0 aliphatic heterocycles. The average molecular weight is 225 g/mol. The summed E-state index contributed by atoms with van der Waals surface area (Å²) in [7, 11) is 0. The Hall–Kier alpha value is -0.800. The lowest BCUT2D eigenvalue weighted by atomic mass is 9.89. The Morgan fingerprint density at radius 2 is 2.25 bits per heavy atom. The summed E-state index contributed by atoms with van der Waals surface area (Å²) in [5.74, 6) is 0. The molecule has 1 unspecified atom stereocenters. The van der Waals surface area contributed by atoms with Crippen LogP contribution in [-0.2, 0) is 0 Å². The van der Waals surface area contributed by atoms with Gasteiger partial charge in [0, 0.05) is 18.2 Å². The van der Waals surface area contributed by atoms with Crippen molar-refractivity contribution >= 4 is 0 Å². The molecule has 92 valence electrons. The molecule has 0 saturated carbocycles. The van der Waals surface area contributed by atoms with Crippen molar-refractivity contribution < 1.29 is 9.52 Å². The number of hydrogen-bond donors (Lipinski definition) is 2. The first-order valence-corrected chi connectivity index (χ1v) is 5.91. The number of furan rings is 1. The fourth-order valence-electron chi connectivity index (χ4n) is 1.60. The molecule has 0 saturated heterocycles. The topological polar surface area (TPSA) is 45.4 Å². The summed E-state index contributed by atoms with van der Waals surface area (Å²) in [5.41, 5.74) is 1.22. The predicted molar refractivity (Wildman–Crippen MR) is 65.2 cm³/mol. The highest BCUT2D eigenvalue weighted by atomic mass is 16.3. The molecule has 0 fully saturated rings. The number of aliphatic hydroxyl groups excluding tert-OH is 1. The predicted octanol–water partition coefficient (Wildman–Crippen LogP) is 2.73. The van der Waals surface area contributed by atoms with Gasteiger partial charge in [-0.05, 0) is 37.8 Å². The van der Waals surface area contributed by atoms with Gasteiger partial charge in [-0.15, -0.1) is 0 Å². The molecule has 16 heavy (non-hydrogen) atoms. The van der Waals surface area contributed by atoms with Crippen LogP contribution < -0.4 is 5.32 Å². The van der Waals surface area contributed by atoms with Gasteiger partial charge in [0.2, 0.25) is 0 Å². The lowest BCUT2D eigenvalue weighted by Crippen LogP contribution is -2.23. The lowest BCUT2D eigenvalue weighted by molar-refractivity contribution is 0.147. The summed E-state index contributed by atoms with van der Waals surface area (Å²) >= 11 is 0. The number of hydrogen-bond acceptors (Lipinski definition) is 3. The van der Waals surface area contributed by atoms with E-state index >= 15 is 0 Å². The van der Waals surface area contributed by atoms with Crippen molar-refractivity contribution in [2.75, 3.05) is 13.2 Å².